The second kappa shape index (κ2) is 11.6. The molecule has 200 valence electrons. The first-order valence-corrected chi connectivity index (χ1v) is 13.3. The van der Waals surface area contributed by atoms with E-state index in [1.165, 1.54) is 18.4 Å². The number of nitrogens with zero attached hydrogens (tertiary/aromatic N) is 4. The summed E-state index contributed by atoms with van der Waals surface area (Å²) in [6.07, 6.45) is 0.717. The Hall–Kier alpha value is -3.92. The van der Waals surface area contributed by atoms with Crippen LogP contribution < -0.4 is 14.8 Å². The molecule has 0 fully saturated rings. The number of carbonyl (C=O) groups is 2. The molecular weight excluding hydrogens is 502 g/mol. The summed E-state index contributed by atoms with van der Waals surface area (Å²) in [5.74, 6) is 0.466. The maximum atomic E-state index is 14.1. The number of carbonyl (C=O) groups excluding carboxylic acids is 2. The number of nitrogens with one attached hydrogen (secondary N) is 1. The summed E-state index contributed by atoms with van der Waals surface area (Å²) >= 11 is 1.53. The van der Waals surface area contributed by atoms with E-state index in [2.05, 4.69) is 15.6 Å². The Morgan fingerprint density at radius 2 is 1.89 bits per heavy atom. The fourth-order valence-electron chi connectivity index (χ4n) is 4.13. The molecule has 0 saturated carbocycles. The SMILES string of the molecule is CCC(C)(C)NC(=O)[C@@H](c1ccc(OC)cc1OC)N(Cc1cccs1)C(=O)Cn1nnc2ccccc21. The van der Waals surface area contributed by atoms with Gasteiger partial charge in [-0.15, -0.1) is 16.4 Å². The number of fused-ring (bicyclic) bond motifs is 1. The lowest BCUT2D eigenvalue weighted by atomic mass is 9.97. The van der Waals surface area contributed by atoms with Crippen LogP contribution in [-0.4, -0.2) is 51.5 Å². The van der Waals surface area contributed by atoms with Gasteiger partial charge in [0.2, 0.25) is 11.8 Å². The monoisotopic (exact) mass is 535 g/mol. The molecular formula is C28H33N5O4S. The van der Waals surface area contributed by atoms with Gasteiger partial charge in [-0.3, -0.25) is 9.59 Å². The molecule has 4 aromatic rings. The maximum absolute atomic E-state index is 14.1. The first-order chi connectivity index (χ1) is 18.3. The van der Waals surface area contributed by atoms with Crippen molar-refractivity contribution in [3.05, 3.63) is 70.4 Å². The third kappa shape index (κ3) is 5.96. The predicted molar refractivity (Wildman–Crippen MR) is 147 cm³/mol. The second-order valence-electron chi connectivity index (χ2n) is 9.57. The molecule has 0 spiro atoms. The van der Waals surface area contributed by atoms with E-state index < -0.39 is 11.6 Å². The highest BCUT2D eigenvalue weighted by molar-refractivity contribution is 7.09. The van der Waals surface area contributed by atoms with Gasteiger partial charge in [0, 0.05) is 22.0 Å². The molecule has 0 radical (unpaired) electrons. The number of benzene rings is 2. The van der Waals surface area contributed by atoms with Crippen molar-refractivity contribution in [2.75, 3.05) is 14.2 Å². The summed E-state index contributed by atoms with van der Waals surface area (Å²) in [7, 11) is 3.10. The van der Waals surface area contributed by atoms with Gasteiger partial charge in [0.15, 0.2) is 0 Å². The summed E-state index contributed by atoms with van der Waals surface area (Å²) in [5.41, 5.74) is 1.52. The van der Waals surface area contributed by atoms with Crippen molar-refractivity contribution in [3.8, 4) is 11.5 Å². The van der Waals surface area contributed by atoms with Crippen molar-refractivity contribution in [2.24, 2.45) is 0 Å². The third-order valence-electron chi connectivity index (χ3n) is 6.57. The Morgan fingerprint density at radius 3 is 2.58 bits per heavy atom. The number of methoxy groups -OCH3 is 2. The first-order valence-electron chi connectivity index (χ1n) is 12.4. The van der Waals surface area contributed by atoms with Crippen molar-refractivity contribution in [3.63, 3.8) is 0 Å². The van der Waals surface area contributed by atoms with Crippen LogP contribution in [0.15, 0.2) is 60.0 Å². The minimum atomic E-state index is -0.967. The maximum Gasteiger partial charge on any atom is 0.248 e. The van der Waals surface area contributed by atoms with E-state index in [9.17, 15) is 9.59 Å². The molecule has 0 aliphatic rings. The molecule has 0 saturated heterocycles. The zero-order valence-electron chi connectivity index (χ0n) is 22.3. The molecule has 4 rings (SSSR count). The number of ether oxygens (including phenoxy) is 2. The van der Waals surface area contributed by atoms with Crippen LogP contribution in [0, 0.1) is 0 Å². The van der Waals surface area contributed by atoms with E-state index in [-0.39, 0.29) is 24.9 Å². The average Bonchev–Trinajstić information content (AvgIpc) is 3.58. The van der Waals surface area contributed by atoms with Crippen molar-refractivity contribution >= 4 is 34.2 Å². The van der Waals surface area contributed by atoms with Gasteiger partial charge in [-0.1, -0.05) is 30.3 Å². The van der Waals surface area contributed by atoms with Gasteiger partial charge >= 0.3 is 0 Å². The summed E-state index contributed by atoms with van der Waals surface area (Å²) < 4.78 is 12.6. The van der Waals surface area contributed by atoms with Crippen LogP contribution in [0.4, 0.5) is 0 Å². The van der Waals surface area contributed by atoms with Crippen molar-refractivity contribution < 1.29 is 19.1 Å². The van der Waals surface area contributed by atoms with Gasteiger partial charge in [0.25, 0.3) is 0 Å². The standard InChI is InChI=1S/C28H33N5O4S/c1-6-28(2,3)29-27(35)26(21-14-13-19(36-4)16-24(21)37-5)32(17-20-10-9-15-38-20)25(34)18-33-23-12-8-7-11-22(23)30-31-33/h7-16,26H,6,17-18H2,1-5H3,(H,29,35)/t26-/m1/s1. The van der Waals surface area contributed by atoms with Gasteiger partial charge in [-0.2, -0.15) is 0 Å². The fraction of sp³-hybridized carbons (Fsp3) is 0.357. The molecule has 2 aromatic heterocycles. The number of para-hydroxylation sites is 1. The topological polar surface area (TPSA) is 98.6 Å². The Balaban J connectivity index is 1.81. The molecule has 9 nitrogen and oxygen atoms in total. The summed E-state index contributed by atoms with van der Waals surface area (Å²) in [5, 5.41) is 13.5. The van der Waals surface area contributed by atoms with Crippen molar-refractivity contribution in [2.45, 2.75) is 51.9 Å². The van der Waals surface area contributed by atoms with Crippen LogP contribution in [0.3, 0.4) is 0 Å². The van der Waals surface area contributed by atoms with E-state index in [1.54, 1.807) is 34.9 Å². The van der Waals surface area contributed by atoms with Gasteiger partial charge in [0.05, 0.1) is 26.3 Å². The lowest BCUT2D eigenvalue weighted by Crippen LogP contribution is -2.50. The highest BCUT2D eigenvalue weighted by atomic mass is 32.1. The molecule has 0 aliphatic heterocycles. The van der Waals surface area contributed by atoms with Crippen LogP contribution in [-0.2, 0) is 22.7 Å². The third-order valence-corrected chi connectivity index (χ3v) is 7.43. The molecule has 2 heterocycles. The molecule has 38 heavy (non-hydrogen) atoms. The first kappa shape index (κ1) is 27.1. The number of aromatic nitrogens is 3. The Labute approximate surface area is 226 Å². The fourth-order valence-corrected chi connectivity index (χ4v) is 4.83. The highest BCUT2D eigenvalue weighted by Gasteiger charge is 2.36. The summed E-state index contributed by atoms with van der Waals surface area (Å²) in [6.45, 7) is 6.09. The minimum Gasteiger partial charge on any atom is -0.497 e. The second-order valence-corrected chi connectivity index (χ2v) is 10.6. The lowest BCUT2D eigenvalue weighted by Gasteiger charge is -2.35. The summed E-state index contributed by atoms with van der Waals surface area (Å²) in [4.78, 5) is 30.6. The molecule has 0 bridgehead atoms. The van der Waals surface area contributed by atoms with Gasteiger partial charge < -0.3 is 19.7 Å². The van der Waals surface area contributed by atoms with Crippen LogP contribution in [0.1, 0.15) is 43.7 Å². The normalized spacial score (nSPS) is 12.2. The Kier molecular flexibility index (Phi) is 8.31. The average molecular weight is 536 g/mol. The zero-order chi connectivity index (χ0) is 27.3. The van der Waals surface area contributed by atoms with E-state index >= 15 is 0 Å². The van der Waals surface area contributed by atoms with Crippen LogP contribution in [0.25, 0.3) is 11.0 Å². The predicted octanol–water partition coefficient (Wildman–Crippen LogP) is 4.58. The molecule has 0 aliphatic carbocycles. The largest absolute Gasteiger partial charge is 0.497 e. The molecule has 0 unspecified atom stereocenters. The number of hydrogen-bond acceptors (Lipinski definition) is 7. The number of thiophene rings is 1. The smallest absolute Gasteiger partial charge is 0.248 e. The zero-order valence-corrected chi connectivity index (χ0v) is 23.1. The van der Waals surface area contributed by atoms with Crippen molar-refractivity contribution in [1.29, 1.82) is 0 Å². The molecule has 2 amide bonds. The van der Waals surface area contributed by atoms with Gasteiger partial charge in [0.1, 0.15) is 29.6 Å². The van der Waals surface area contributed by atoms with E-state index in [1.807, 2.05) is 62.5 Å². The highest BCUT2D eigenvalue weighted by Crippen LogP contribution is 2.35. The van der Waals surface area contributed by atoms with Crippen LogP contribution >= 0.6 is 11.3 Å². The van der Waals surface area contributed by atoms with Crippen molar-refractivity contribution in [1.82, 2.24) is 25.2 Å². The molecule has 1 N–H and O–H groups in total. The van der Waals surface area contributed by atoms with E-state index in [4.69, 9.17) is 9.47 Å². The number of amides is 2. The minimum absolute atomic E-state index is 0.0781. The molecule has 10 heteroatoms. The van der Waals surface area contributed by atoms with Crippen LogP contribution in [0.5, 0.6) is 11.5 Å². The Morgan fingerprint density at radius 1 is 1.11 bits per heavy atom. The molecule has 1 atom stereocenters. The summed E-state index contributed by atoms with van der Waals surface area (Å²) in [6, 6.07) is 15.6. The van der Waals surface area contributed by atoms with E-state index in [0.29, 0.717) is 22.6 Å². The van der Waals surface area contributed by atoms with Crippen LogP contribution in [0.2, 0.25) is 0 Å². The number of hydrogen-bond donors (Lipinski definition) is 1. The molecule has 2 aromatic carbocycles. The lowest BCUT2D eigenvalue weighted by molar-refractivity contribution is -0.143. The van der Waals surface area contributed by atoms with Gasteiger partial charge in [-0.05, 0) is 56.0 Å². The van der Waals surface area contributed by atoms with E-state index in [0.717, 1.165) is 16.8 Å². The van der Waals surface area contributed by atoms with Gasteiger partial charge in [-0.25, -0.2) is 4.68 Å². The quantitative estimate of drug-likeness (QED) is 0.302. The number of rotatable bonds is 11. The Bertz CT molecular complexity index is 1400.